The fourth-order valence-corrected chi connectivity index (χ4v) is 1.11. The second-order valence-electron chi connectivity index (χ2n) is 2.99. The summed E-state index contributed by atoms with van der Waals surface area (Å²) in [5, 5.41) is 0. The Morgan fingerprint density at radius 2 is 1.50 bits per heavy atom. The van der Waals surface area contributed by atoms with E-state index in [0.29, 0.717) is 5.92 Å². The van der Waals surface area contributed by atoms with E-state index in [-0.39, 0.29) is 40.1 Å². The van der Waals surface area contributed by atoms with Crippen molar-refractivity contribution in [3.8, 4) is 0 Å². The molecule has 1 radical (unpaired) electrons. The predicted octanol–water partition coefficient (Wildman–Crippen LogP) is 4.04. The van der Waals surface area contributed by atoms with E-state index in [4.69, 9.17) is 0 Å². The maximum absolute atomic E-state index is 4.06. The third kappa shape index (κ3) is 6.25. The van der Waals surface area contributed by atoms with Gasteiger partial charge < -0.3 is 7.43 Å². The molecule has 0 unspecified atom stereocenters. The molecule has 0 aromatic rings. The molecular formula is C11H22Y-2. The van der Waals surface area contributed by atoms with Gasteiger partial charge in [0.2, 0.25) is 0 Å². The van der Waals surface area contributed by atoms with E-state index in [1.165, 1.54) is 11.1 Å². The summed E-state index contributed by atoms with van der Waals surface area (Å²) in [5.74, 6) is 0.620. The average molecular weight is 243 g/mol. The summed E-state index contributed by atoms with van der Waals surface area (Å²) in [5.41, 5.74) is 2.86. The maximum Gasteiger partial charge on any atom is 0 e. The van der Waals surface area contributed by atoms with Gasteiger partial charge in [0.05, 0.1) is 0 Å². The van der Waals surface area contributed by atoms with Crippen molar-refractivity contribution < 1.29 is 32.7 Å². The zero-order chi connectivity index (χ0) is 8.15. The molecule has 71 valence electrons. The van der Waals surface area contributed by atoms with Gasteiger partial charge in [0, 0.05) is 32.7 Å². The van der Waals surface area contributed by atoms with Gasteiger partial charge >= 0.3 is 0 Å². The molecule has 1 heteroatoms. The average Bonchev–Trinajstić information content (AvgIpc) is 1.90. The van der Waals surface area contributed by atoms with E-state index < -0.39 is 0 Å². The van der Waals surface area contributed by atoms with Gasteiger partial charge in [-0.1, -0.05) is 33.6 Å². The molecule has 0 aliphatic carbocycles. The summed E-state index contributed by atoms with van der Waals surface area (Å²) in [6.45, 7) is 12.9. The van der Waals surface area contributed by atoms with Crippen LogP contribution in [0.4, 0.5) is 0 Å². The normalized spacial score (nSPS) is 8.42. The minimum absolute atomic E-state index is 0. The number of hydrogen-bond acceptors (Lipinski definition) is 0. The minimum Gasteiger partial charge on any atom is -0.358 e. The van der Waals surface area contributed by atoms with Gasteiger partial charge in [0.1, 0.15) is 0 Å². The van der Waals surface area contributed by atoms with Crippen molar-refractivity contribution in [2.75, 3.05) is 0 Å². The Balaban J connectivity index is -0.000000405. The number of hydrogen-bond donors (Lipinski definition) is 0. The molecule has 0 spiro atoms. The van der Waals surface area contributed by atoms with Crippen molar-refractivity contribution >= 4 is 0 Å². The molecule has 0 aromatic heterocycles. The Morgan fingerprint density at radius 3 is 1.58 bits per heavy atom. The first kappa shape index (κ1) is 18.5. The van der Waals surface area contributed by atoms with Crippen LogP contribution in [0.1, 0.15) is 40.5 Å². The molecule has 0 nitrogen and oxygen atoms in total. The van der Waals surface area contributed by atoms with Crippen molar-refractivity contribution in [2.45, 2.75) is 40.5 Å². The zero-order valence-corrected chi connectivity index (χ0v) is 12.1. The first-order chi connectivity index (χ1) is 4.63. The Hall–Kier alpha value is 0.714. The van der Waals surface area contributed by atoms with E-state index in [2.05, 4.69) is 34.6 Å². The van der Waals surface area contributed by atoms with Gasteiger partial charge in [-0.05, 0) is 0 Å². The predicted molar refractivity (Wildman–Crippen MR) is 54.2 cm³/mol. The molecule has 0 N–H and O–H groups in total. The van der Waals surface area contributed by atoms with Crippen molar-refractivity contribution in [1.29, 1.82) is 0 Å². The standard InChI is InChI=1S/C10H19.CH3.Y/c1-6-10(7-2)9(5)8(3)4;;/h8H,5-7H2,1-4H3;1H3;/q2*-1;. The molecule has 0 saturated carbocycles. The largest absolute Gasteiger partial charge is 0.358 e. The Bertz CT molecular complexity index is 117. The molecule has 0 rings (SSSR count). The Morgan fingerprint density at radius 1 is 1.17 bits per heavy atom. The van der Waals surface area contributed by atoms with Crippen LogP contribution in [0, 0.1) is 20.3 Å². The van der Waals surface area contributed by atoms with E-state index in [1.54, 1.807) is 0 Å². The van der Waals surface area contributed by atoms with Crippen LogP contribution in [0.5, 0.6) is 0 Å². The van der Waals surface area contributed by atoms with Gasteiger partial charge in [-0.3, -0.25) is 0 Å². The molecule has 0 amide bonds. The van der Waals surface area contributed by atoms with Crippen molar-refractivity contribution in [3.63, 3.8) is 0 Å². The van der Waals surface area contributed by atoms with E-state index in [9.17, 15) is 0 Å². The number of rotatable bonds is 3. The minimum atomic E-state index is 0. The van der Waals surface area contributed by atoms with Gasteiger partial charge in [0.15, 0.2) is 0 Å². The van der Waals surface area contributed by atoms with Crippen LogP contribution in [-0.2, 0) is 32.7 Å². The summed E-state index contributed by atoms with van der Waals surface area (Å²) in [7, 11) is 0. The number of allylic oxidation sites excluding steroid dienone is 2. The van der Waals surface area contributed by atoms with Crippen LogP contribution in [0.25, 0.3) is 0 Å². The summed E-state index contributed by atoms with van der Waals surface area (Å²) in [6, 6.07) is 0. The van der Waals surface area contributed by atoms with E-state index in [0.717, 1.165) is 12.8 Å². The molecule has 12 heavy (non-hydrogen) atoms. The van der Waals surface area contributed by atoms with Crippen LogP contribution < -0.4 is 0 Å². The quantitative estimate of drug-likeness (QED) is 0.656. The summed E-state index contributed by atoms with van der Waals surface area (Å²) >= 11 is 0. The zero-order valence-electron chi connectivity index (χ0n) is 9.28. The van der Waals surface area contributed by atoms with Gasteiger partial charge in [0.25, 0.3) is 0 Å². The molecular weight excluding hydrogens is 221 g/mol. The molecule has 0 aliphatic rings. The summed E-state index contributed by atoms with van der Waals surface area (Å²) in [4.78, 5) is 0. The van der Waals surface area contributed by atoms with Crippen molar-refractivity contribution in [1.82, 2.24) is 0 Å². The topological polar surface area (TPSA) is 0 Å². The van der Waals surface area contributed by atoms with Crippen LogP contribution in [0.2, 0.25) is 0 Å². The molecule has 0 saturated heterocycles. The van der Waals surface area contributed by atoms with E-state index >= 15 is 0 Å². The van der Waals surface area contributed by atoms with Gasteiger partial charge in [-0.15, -0.1) is 12.8 Å². The fourth-order valence-electron chi connectivity index (χ4n) is 1.11. The van der Waals surface area contributed by atoms with Crippen LogP contribution in [0.15, 0.2) is 11.1 Å². The van der Waals surface area contributed by atoms with E-state index in [1.807, 2.05) is 0 Å². The molecule has 0 bridgehead atoms. The third-order valence-corrected chi connectivity index (χ3v) is 2.00. The second-order valence-corrected chi connectivity index (χ2v) is 2.99. The Kier molecular flexibility index (Phi) is 15.1. The smallest absolute Gasteiger partial charge is 0 e. The monoisotopic (exact) mass is 243 g/mol. The molecule has 0 fully saturated rings. The second kappa shape index (κ2) is 9.80. The Labute approximate surface area is 104 Å². The van der Waals surface area contributed by atoms with Gasteiger partial charge in [-0.2, -0.15) is 0 Å². The van der Waals surface area contributed by atoms with Crippen LogP contribution >= 0.6 is 0 Å². The van der Waals surface area contributed by atoms with Crippen molar-refractivity contribution in [2.24, 2.45) is 5.92 Å². The first-order valence-electron chi connectivity index (χ1n) is 4.17. The fraction of sp³-hybridized carbons (Fsp3) is 0.636. The van der Waals surface area contributed by atoms with Crippen LogP contribution in [-0.4, -0.2) is 0 Å². The molecule has 0 heterocycles. The van der Waals surface area contributed by atoms with Gasteiger partial charge in [-0.25, -0.2) is 18.1 Å². The summed E-state index contributed by atoms with van der Waals surface area (Å²) < 4.78 is 0. The molecule has 0 aliphatic heterocycles. The van der Waals surface area contributed by atoms with Crippen LogP contribution in [0.3, 0.4) is 0 Å². The van der Waals surface area contributed by atoms with Crippen molar-refractivity contribution in [3.05, 3.63) is 25.5 Å². The first-order valence-corrected chi connectivity index (χ1v) is 4.17. The molecule has 0 aromatic carbocycles. The molecule has 0 atom stereocenters. The maximum atomic E-state index is 4.06. The SMILES string of the molecule is [CH2-]C(=C(CC)CC)C(C)C.[CH3-].[Y]. The third-order valence-electron chi connectivity index (χ3n) is 2.00. The summed E-state index contributed by atoms with van der Waals surface area (Å²) in [6.07, 6.45) is 2.32.